The lowest BCUT2D eigenvalue weighted by Gasteiger charge is -2.35. The summed E-state index contributed by atoms with van der Waals surface area (Å²) in [6.45, 7) is 3.71. The van der Waals surface area contributed by atoms with Gasteiger partial charge in [-0.1, -0.05) is 24.3 Å². The van der Waals surface area contributed by atoms with E-state index in [9.17, 15) is 9.18 Å². The van der Waals surface area contributed by atoms with Crippen LogP contribution in [0.2, 0.25) is 0 Å². The summed E-state index contributed by atoms with van der Waals surface area (Å²) < 4.78 is 35.2. The van der Waals surface area contributed by atoms with E-state index in [0.717, 1.165) is 42.3 Å². The summed E-state index contributed by atoms with van der Waals surface area (Å²) in [5.74, 6) is 2.25. The Hall–Kier alpha value is -4.04. The Kier molecular flexibility index (Phi) is 7.28. The largest absolute Gasteiger partial charge is 0.493 e. The quantitative estimate of drug-likeness (QED) is 0.350. The van der Waals surface area contributed by atoms with Crippen molar-refractivity contribution in [2.45, 2.75) is 6.54 Å². The molecule has 37 heavy (non-hydrogen) atoms. The minimum Gasteiger partial charge on any atom is -0.493 e. The van der Waals surface area contributed by atoms with Gasteiger partial charge >= 0.3 is 0 Å². The Morgan fingerprint density at radius 2 is 1.62 bits per heavy atom. The average Bonchev–Trinajstić information content (AvgIpc) is 3.40. The van der Waals surface area contributed by atoms with Gasteiger partial charge in [0, 0.05) is 38.3 Å². The second kappa shape index (κ2) is 10.9. The number of nitrogens with zero attached hydrogens (tertiary/aromatic N) is 2. The summed E-state index contributed by atoms with van der Waals surface area (Å²) in [6.07, 6.45) is 1.79. The third-order valence-electron chi connectivity index (χ3n) is 6.61. The smallest absolute Gasteiger partial charge is 0.254 e. The Morgan fingerprint density at radius 1 is 0.892 bits per heavy atom. The fourth-order valence-electron chi connectivity index (χ4n) is 4.57. The number of halogens is 1. The monoisotopic (exact) mass is 504 g/mol. The second-order valence-electron chi connectivity index (χ2n) is 8.94. The minimum absolute atomic E-state index is 0.0840. The maximum Gasteiger partial charge on any atom is 0.254 e. The molecule has 8 heteroatoms. The molecular formula is C29H29FN2O5. The summed E-state index contributed by atoms with van der Waals surface area (Å²) >= 11 is 0. The van der Waals surface area contributed by atoms with Crippen LogP contribution in [0.3, 0.4) is 0 Å². The van der Waals surface area contributed by atoms with E-state index in [-0.39, 0.29) is 18.5 Å². The van der Waals surface area contributed by atoms with E-state index in [1.807, 2.05) is 29.2 Å². The number of methoxy groups -OCH3 is 2. The van der Waals surface area contributed by atoms with Gasteiger partial charge in [0.25, 0.3) is 5.91 Å². The predicted molar refractivity (Wildman–Crippen MR) is 138 cm³/mol. The third-order valence-corrected chi connectivity index (χ3v) is 6.61. The first-order chi connectivity index (χ1) is 18.0. The molecule has 7 nitrogen and oxygen atoms in total. The van der Waals surface area contributed by atoms with Crippen LogP contribution < -0.4 is 18.9 Å². The molecule has 3 aromatic rings. The number of rotatable bonds is 7. The molecule has 0 radical (unpaired) electrons. The first-order valence-electron chi connectivity index (χ1n) is 12.1. The first-order valence-corrected chi connectivity index (χ1v) is 12.1. The van der Waals surface area contributed by atoms with E-state index < -0.39 is 0 Å². The molecule has 1 fully saturated rings. The van der Waals surface area contributed by atoms with Gasteiger partial charge in [0.05, 0.1) is 14.2 Å². The van der Waals surface area contributed by atoms with E-state index in [1.54, 1.807) is 44.6 Å². The zero-order valence-corrected chi connectivity index (χ0v) is 20.9. The lowest BCUT2D eigenvalue weighted by Crippen LogP contribution is -2.48. The van der Waals surface area contributed by atoms with Gasteiger partial charge in [-0.3, -0.25) is 9.69 Å². The highest BCUT2D eigenvalue weighted by atomic mass is 19.1. The summed E-state index contributed by atoms with van der Waals surface area (Å²) in [7, 11) is 3.13. The van der Waals surface area contributed by atoms with Gasteiger partial charge in [-0.15, -0.1) is 0 Å². The predicted octanol–water partition coefficient (Wildman–Crippen LogP) is 4.46. The van der Waals surface area contributed by atoms with Crippen molar-refractivity contribution in [3.8, 4) is 23.0 Å². The Balaban J connectivity index is 1.33. The summed E-state index contributed by atoms with van der Waals surface area (Å²) in [6, 6.07) is 17.5. The number of piperazine rings is 1. The van der Waals surface area contributed by atoms with Gasteiger partial charge in [-0.25, -0.2) is 4.39 Å². The number of benzene rings is 3. The van der Waals surface area contributed by atoms with Crippen LogP contribution in [0.25, 0.3) is 11.6 Å². The van der Waals surface area contributed by atoms with Crippen molar-refractivity contribution in [1.82, 2.24) is 9.80 Å². The lowest BCUT2D eigenvalue weighted by atomic mass is 10.00. The maximum absolute atomic E-state index is 13.8. The topological polar surface area (TPSA) is 60.5 Å². The van der Waals surface area contributed by atoms with E-state index in [0.29, 0.717) is 35.7 Å². The summed E-state index contributed by atoms with van der Waals surface area (Å²) in [4.78, 5) is 18.0. The van der Waals surface area contributed by atoms with Crippen LogP contribution in [0, 0.1) is 5.82 Å². The fraction of sp³-hybridized carbons (Fsp3) is 0.276. The second-order valence-corrected chi connectivity index (χ2v) is 8.94. The number of amides is 1. The molecule has 0 atom stereocenters. The molecule has 5 rings (SSSR count). The molecule has 1 saturated heterocycles. The van der Waals surface area contributed by atoms with Crippen molar-refractivity contribution in [3.05, 3.63) is 83.2 Å². The molecule has 0 saturated carbocycles. The van der Waals surface area contributed by atoms with Crippen molar-refractivity contribution in [2.75, 3.05) is 47.2 Å². The van der Waals surface area contributed by atoms with Gasteiger partial charge in [-0.2, -0.15) is 0 Å². The molecule has 2 aliphatic heterocycles. The third kappa shape index (κ3) is 5.54. The highest BCUT2D eigenvalue weighted by Crippen LogP contribution is 2.34. The fourth-order valence-corrected chi connectivity index (χ4v) is 4.57. The summed E-state index contributed by atoms with van der Waals surface area (Å²) in [5.41, 5.74) is 3.10. The van der Waals surface area contributed by atoms with Crippen LogP contribution in [0.15, 0.2) is 60.7 Å². The van der Waals surface area contributed by atoms with E-state index in [1.165, 1.54) is 12.1 Å². The van der Waals surface area contributed by atoms with Crippen molar-refractivity contribution in [3.63, 3.8) is 0 Å². The van der Waals surface area contributed by atoms with E-state index in [4.69, 9.17) is 18.9 Å². The van der Waals surface area contributed by atoms with Crippen molar-refractivity contribution < 1.29 is 28.1 Å². The van der Waals surface area contributed by atoms with Crippen molar-refractivity contribution in [2.24, 2.45) is 0 Å². The molecule has 192 valence electrons. The van der Waals surface area contributed by atoms with E-state index in [2.05, 4.69) is 4.90 Å². The number of ether oxygens (including phenoxy) is 4. The summed E-state index contributed by atoms with van der Waals surface area (Å²) in [5, 5.41) is 0. The first kappa shape index (κ1) is 24.6. The molecule has 0 unspecified atom stereocenters. The highest BCUT2D eigenvalue weighted by molar-refractivity contribution is 6.24. The molecule has 0 N–H and O–H groups in total. The standard InChI is InChI=1S/C29H29FN2O5/c1-34-25-10-6-22(17-27(25)35-2)24(15-20-3-7-23(30)8-4-20)29(33)32-13-11-31(12-14-32)18-21-5-9-26-28(16-21)37-19-36-26/h3-10,15-17H,11-14,18-19H2,1-2H3/b24-15-. The number of carbonyl (C=O) groups excluding carboxylic acids is 1. The maximum atomic E-state index is 13.8. The molecule has 0 spiro atoms. The zero-order valence-electron chi connectivity index (χ0n) is 20.9. The van der Waals surface area contributed by atoms with Crippen LogP contribution in [-0.2, 0) is 11.3 Å². The van der Waals surface area contributed by atoms with Gasteiger partial charge in [-0.05, 0) is 59.2 Å². The number of fused-ring (bicyclic) bond motifs is 1. The molecule has 2 aliphatic rings. The Bertz CT molecular complexity index is 1300. The zero-order chi connectivity index (χ0) is 25.8. The number of hydrogen-bond donors (Lipinski definition) is 0. The number of carbonyl (C=O) groups is 1. The van der Waals surface area contributed by atoms with Gasteiger partial charge in [0.1, 0.15) is 5.82 Å². The molecule has 0 aliphatic carbocycles. The van der Waals surface area contributed by atoms with Gasteiger partial charge in [0.15, 0.2) is 23.0 Å². The Morgan fingerprint density at radius 3 is 2.35 bits per heavy atom. The van der Waals surface area contributed by atoms with Crippen LogP contribution in [-0.4, -0.2) is 62.9 Å². The minimum atomic E-state index is -0.324. The Labute approximate surface area is 215 Å². The highest BCUT2D eigenvalue weighted by Gasteiger charge is 2.26. The average molecular weight is 505 g/mol. The SMILES string of the molecule is COc1ccc(/C(=C/c2ccc(F)cc2)C(=O)N2CCN(Cc3ccc4c(c3)OCO4)CC2)cc1OC. The van der Waals surface area contributed by atoms with Crippen LogP contribution in [0.1, 0.15) is 16.7 Å². The molecular weight excluding hydrogens is 475 g/mol. The number of hydrogen-bond acceptors (Lipinski definition) is 6. The molecule has 0 bridgehead atoms. The molecule has 3 aromatic carbocycles. The van der Waals surface area contributed by atoms with Crippen molar-refractivity contribution in [1.29, 1.82) is 0 Å². The molecule has 1 amide bonds. The normalized spacial score (nSPS) is 15.5. The van der Waals surface area contributed by atoms with Gasteiger partial charge in [0.2, 0.25) is 6.79 Å². The lowest BCUT2D eigenvalue weighted by molar-refractivity contribution is -0.126. The van der Waals surface area contributed by atoms with E-state index >= 15 is 0 Å². The van der Waals surface area contributed by atoms with Crippen molar-refractivity contribution >= 4 is 17.6 Å². The van der Waals surface area contributed by atoms with Crippen LogP contribution >= 0.6 is 0 Å². The van der Waals surface area contributed by atoms with Gasteiger partial charge < -0.3 is 23.8 Å². The molecule has 0 aromatic heterocycles. The van der Waals surface area contributed by atoms with Crippen LogP contribution in [0.4, 0.5) is 4.39 Å². The molecule has 2 heterocycles. The van der Waals surface area contributed by atoms with Crippen LogP contribution in [0.5, 0.6) is 23.0 Å².